The molecule has 0 radical (unpaired) electrons. The molecule has 1 saturated carbocycles. The van der Waals surface area contributed by atoms with Gasteiger partial charge >= 0.3 is 0 Å². The quantitative estimate of drug-likeness (QED) is 0.856. The molecule has 4 rings (SSSR count). The van der Waals surface area contributed by atoms with E-state index in [0.717, 1.165) is 42.8 Å². The Bertz CT molecular complexity index is 894. The largest absolute Gasteiger partial charge is 0.353 e. The van der Waals surface area contributed by atoms with E-state index >= 15 is 0 Å². The van der Waals surface area contributed by atoms with Crippen LogP contribution < -0.4 is 5.32 Å². The highest BCUT2D eigenvalue weighted by molar-refractivity contribution is 6.31. The monoisotopic (exact) mass is 400 g/mol. The number of rotatable bonds is 4. The molecule has 28 heavy (non-hydrogen) atoms. The molecule has 2 amide bonds. The van der Waals surface area contributed by atoms with Crippen LogP contribution in [0.15, 0.2) is 24.3 Å². The zero-order valence-corrected chi connectivity index (χ0v) is 17.0. The summed E-state index contributed by atoms with van der Waals surface area (Å²) in [4.78, 5) is 26.6. The van der Waals surface area contributed by atoms with Crippen molar-refractivity contribution in [2.45, 2.75) is 45.6 Å². The summed E-state index contributed by atoms with van der Waals surface area (Å²) in [5, 5.41) is 8.23. The third kappa shape index (κ3) is 3.78. The first kappa shape index (κ1) is 19.0. The number of aryl methyl sites for hydroxylation is 1. The van der Waals surface area contributed by atoms with Gasteiger partial charge in [-0.1, -0.05) is 11.6 Å². The number of carbonyl (C=O) groups excluding carboxylic acids is 2. The highest BCUT2D eigenvalue weighted by Gasteiger charge is 2.32. The van der Waals surface area contributed by atoms with E-state index in [4.69, 9.17) is 11.6 Å². The van der Waals surface area contributed by atoms with Crippen LogP contribution >= 0.6 is 11.6 Å². The fourth-order valence-corrected chi connectivity index (χ4v) is 3.81. The topological polar surface area (TPSA) is 67.2 Å². The van der Waals surface area contributed by atoms with Crippen LogP contribution in [-0.4, -0.2) is 45.6 Å². The summed E-state index contributed by atoms with van der Waals surface area (Å²) in [7, 11) is 0. The van der Waals surface area contributed by atoms with Gasteiger partial charge in [0, 0.05) is 30.6 Å². The van der Waals surface area contributed by atoms with Crippen LogP contribution in [0.25, 0.3) is 5.69 Å². The van der Waals surface area contributed by atoms with Gasteiger partial charge in [0.05, 0.1) is 22.1 Å². The highest BCUT2D eigenvalue weighted by Crippen LogP contribution is 2.29. The molecular weight excluding hydrogens is 376 g/mol. The summed E-state index contributed by atoms with van der Waals surface area (Å²) in [5.74, 6) is 0.449. The number of halogens is 1. The van der Waals surface area contributed by atoms with Crippen molar-refractivity contribution in [3.63, 3.8) is 0 Å². The normalized spacial score (nSPS) is 17.6. The summed E-state index contributed by atoms with van der Waals surface area (Å²) in [6.45, 7) is 5.14. The Labute approximate surface area is 169 Å². The molecule has 2 aliphatic rings. The minimum Gasteiger partial charge on any atom is -0.353 e. The van der Waals surface area contributed by atoms with Gasteiger partial charge in [0.15, 0.2) is 0 Å². The van der Waals surface area contributed by atoms with Gasteiger partial charge in [-0.05, 0) is 63.8 Å². The van der Waals surface area contributed by atoms with Crippen molar-refractivity contribution in [3.8, 4) is 5.69 Å². The van der Waals surface area contributed by atoms with Gasteiger partial charge in [-0.3, -0.25) is 9.59 Å². The fourth-order valence-electron chi connectivity index (χ4n) is 3.69. The number of piperidine rings is 1. The fraction of sp³-hybridized carbons (Fsp3) is 0.476. The molecule has 1 aromatic carbocycles. The molecule has 1 saturated heterocycles. The van der Waals surface area contributed by atoms with Gasteiger partial charge in [-0.15, -0.1) is 0 Å². The van der Waals surface area contributed by atoms with Gasteiger partial charge < -0.3 is 10.2 Å². The van der Waals surface area contributed by atoms with Crippen molar-refractivity contribution in [2.75, 3.05) is 13.1 Å². The maximum absolute atomic E-state index is 12.8. The Morgan fingerprint density at radius 3 is 2.25 bits per heavy atom. The second-order valence-electron chi connectivity index (χ2n) is 7.79. The molecule has 2 heterocycles. The zero-order chi connectivity index (χ0) is 19.8. The third-order valence-electron chi connectivity index (χ3n) is 5.64. The third-order valence-corrected chi connectivity index (χ3v) is 6.19. The van der Waals surface area contributed by atoms with Crippen molar-refractivity contribution >= 4 is 23.4 Å². The molecule has 0 atom stereocenters. The SMILES string of the molecule is Cc1nn(-c2ccc(C(=O)N3CCC(NC(=O)C4CC4)CC3)cc2)c(C)c1Cl. The van der Waals surface area contributed by atoms with E-state index in [-0.39, 0.29) is 23.8 Å². The summed E-state index contributed by atoms with van der Waals surface area (Å²) in [6.07, 6.45) is 3.66. The minimum atomic E-state index is 0.0323. The molecule has 1 N–H and O–H groups in total. The molecule has 1 aliphatic heterocycles. The second kappa shape index (κ2) is 7.59. The number of hydrogen-bond acceptors (Lipinski definition) is 3. The van der Waals surface area contributed by atoms with Gasteiger partial charge in [0.25, 0.3) is 5.91 Å². The van der Waals surface area contributed by atoms with Crippen molar-refractivity contribution < 1.29 is 9.59 Å². The molecule has 1 aromatic heterocycles. The van der Waals surface area contributed by atoms with Crippen molar-refractivity contribution in [2.24, 2.45) is 5.92 Å². The maximum atomic E-state index is 12.8. The predicted octanol–water partition coefficient (Wildman–Crippen LogP) is 3.27. The number of benzene rings is 1. The number of aromatic nitrogens is 2. The van der Waals surface area contributed by atoms with Crippen LogP contribution in [0.5, 0.6) is 0 Å². The summed E-state index contributed by atoms with van der Waals surface area (Å²) >= 11 is 6.23. The molecule has 6 nitrogen and oxygen atoms in total. The standard InChI is InChI=1S/C21H25ClN4O2/c1-13-19(22)14(2)26(24-13)18-7-5-16(6-8-18)21(28)25-11-9-17(10-12-25)23-20(27)15-3-4-15/h5-8,15,17H,3-4,9-12H2,1-2H3,(H,23,27). The van der Waals surface area contributed by atoms with Gasteiger partial charge in [-0.2, -0.15) is 5.10 Å². The van der Waals surface area contributed by atoms with Crippen LogP contribution in [0.2, 0.25) is 5.02 Å². The highest BCUT2D eigenvalue weighted by atomic mass is 35.5. The lowest BCUT2D eigenvalue weighted by molar-refractivity contribution is -0.123. The van der Waals surface area contributed by atoms with E-state index in [1.54, 1.807) is 4.68 Å². The van der Waals surface area contributed by atoms with E-state index in [2.05, 4.69) is 10.4 Å². The van der Waals surface area contributed by atoms with Gasteiger partial charge in [0.2, 0.25) is 5.91 Å². The van der Waals surface area contributed by atoms with E-state index in [0.29, 0.717) is 23.7 Å². The average Bonchev–Trinajstić information content (AvgIpc) is 3.53. The molecule has 0 unspecified atom stereocenters. The molecule has 2 aromatic rings. The molecule has 1 aliphatic carbocycles. The molecule has 2 fully saturated rings. The molecule has 0 bridgehead atoms. The smallest absolute Gasteiger partial charge is 0.253 e. The van der Waals surface area contributed by atoms with Crippen molar-refractivity contribution in [1.29, 1.82) is 0 Å². The van der Waals surface area contributed by atoms with Crippen LogP contribution in [0.4, 0.5) is 0 Å². The zero-order valence-electron chi connectivity index (χ0n) is 16.2. The van der Waals surface area contributed by atoms with Crippen LogP contribution in [0, 0.1) is 19.8 Å². The van der Waals surface area contributed by atoms with Gasteiger partial charge in [-0.25, -0.2) is 4.68 Å². The Morgan fingerprint density at radius 2 is 1.71 bits per heavy atom. The van der Waals surface area contributed by atoms with Crippen LogP contribution in [-0.2, 0) is 4.79 Å². The number of carbonyl (C=O) groups is 2. The summed E-state index contributed by atoms with van der Waals surface area (Å²) < 4.78 is 1.79. The first-order valence-corrected chi connectivity index (χ1v) is 10.2. The lowest BCUT2D eigenvalue weighted by Crippen LogP contribution is -2.46. The first-order chi connectivity index (χ1) is 13.4. The average molecular weight is 401 g/mol. The number of nitrogens with zero attached hydrogens (tertiary/aromatic N) is 3. The van der Waals surface area contributed by atoms with E-state index in [1.807, 2.05) is 43.0 Å². The Balaban J connectivity index is 1.37. The lowest BCUT2D eigenvalue weighted by Gasteiger charge is -2.32. The maximum Gasteiger partial charge on any atom is 0.253 e. The summed E-state index contributed by atoms with van der Waals surface area (Å²) in [6, 6.07) is 7.65. The number of nitrogens with one attached hydrogen (secondary N) is 1. The molecular formula is C21H25ClN4O2. The number of amides is 2. The second-order valence-corrected chi connectivity index (χ2v) is 8.17. The summed E-state index contributed by atoms with van der Waals surface area (Å²) in [5.41, 5.74) is 3.21. The molecule has 0 spiro atoms. The van der Waals surface area contributed by atoms with E-state index in [1.165, 1.54) is 0 Å². The molecule has 148 valence electrons. The first-order valence-electron chi connectivity index (χ1n) is 9.86. The van der Waals surface area contributed by atoms with Crippen molar-refractivity contribution in [3.05, 3.63) is 46.2 Å². The van der Waals surface area contributed by atoms with E-state index in [9.17, 15) is 9.59 Å². The minimum absolute atomic E-state index is 0.0323. The van der Waals surface area contributed by atoms with Crippen LogP contribution in [0.1, 0.15) is 47.4 Å². The van der Waals surface area contributed by atoms with Crippen molar-refractivity contribution in [1.82, 2.24) is 20.0 Å². The molecule has 7 heteroatoms. The Hall–Kier alpha value is -2.34. The van der Waals surface area contributed by atoms with Gasteiger partial charge in [0.1, 0.15) is 0 Å². The number of likely N-dealkylation sites (tertiary alicyclic amines) is 1. The van der Waals surface area contributed by atoms with E-state index < -0.39 is 0 Å². The van der Waals surface area contributed by atoms with Crippen LogP contribution in [0.3, 0.4) is 0 Å². The number of hydrogen-bond donors (Lipinski definition) is 1. The lowest BCUT2D eigenvalue weighted by atomic mass is 10.0. The Morgan fingerprint density at radius 1 is 1.07 bits per heavy atom. The Kier molecular flexibility index (Phi) is 5.15. The predicted molar refractivity (Wildman–Crippen MR) is 108 cm³/mol.